The molecule has 1 aromatic carbocycles. The number of benzene rings is 1. The van der Waals surface area contributed by atoms with Gasteiger partial charge in [-0.2, -0.15) is 5.26 Å². The summed E-state index contributed by atoms with van der Waals surface area (Å²) in [7, 11) is 0. The fourth-order valence-corrected chi connectivity index (χ4v) is 2.56. The Morgan fingerprint density at radius 1 is 1.40 bits per heavy atom. The van der Waals surface area contributed by atoms with Crippen molar-refractivity contribution in [3.8, 4) is 18.9 Å². The van der Waals surface area contributed by atoms with Crippen molar-refractivity contribution in [3.05, 3.63) is 30.0 Å². The second-order valence-corrected chi connectivity index (χ2v) is 5.43. The van der Waals surface area contributed by atoms with E-state index in [0.29, 0.717) is 11.4 Å². The van der Waals surface area contributed by atoms with Gasteiger partial charge < -0.3 is 20.7 Å². The summed E-state index contributed by atoms with van der Waals surface area (Å²) in [6, 6.07) is 7.32. The lowest BCUT2D eigenvalue weighted by atomic mass is 10.1. The van der Waals surface area contributed by atoms with E-state index in [1.165, 1.54) is 12.5 Å². The zero-order valence-corrected chi connectivity index (χ0v) is 14.5. The van der Waals surface area contributed by atoms with Crippen molar-refractivity contribution in [2.45, 2.75) is 26.2 Å². The summed E-state index contributed by atoms with van der Waals surface area (Å²) in [5, 5.41) is 11.6. The monoisotopic (exact) mass is 340 g/mol. The van der Waals surface area contributed by atoms with Gasteiger partial charge >= 0.3 is 0 Å². The molecule has 0 aromatic heterocycles. The Labute approximate surface area is 149 Å². The summed E-state index contributed by atoms with van der Waals surface area (Å²) in [5.74, 6) is -0.170. The number of ether oxygens (including phenoxy) is 1. The second kappa shape index (κ2) is 10.6. The van der Waals surface area contributed by atoms with Gasteiger partial charge in [0.2, 0.25) is 0 Å². The summed E-state index contributed by atoms with van der Waals surface area (Å²) in [4.78, 5) is 14.3. The third-order valence-corrected chi connectivity index (χ3v) is 3.72. The molecule has 1 heterocycles. The van der Waals surface area contributed by atoms with Gasteiger partial charge in [-0.1, -0.05) is 0 Å². The molecule has 0 atom stereocenters. The average molecular weight is 340 g/mol. The van der Waals surface area contributed by atoms with Crippen LogP contribution in [-0.2, 0) is 9.53 Å². The molecule has 1 aromatic rings. The molecule has 1 fully saturated rings. The largest absolute Gasteiger partial charge is 0.474 e. The smallest absolute Gasteiger partial charge is 0.262 e. The summed E-state index contributed by atoms with van der Waals surface area (Å²) in [6.45, 7) is 3.40. The molecule has 6 heteroatoms. The van der Waals surface area contributed by atoms with Gasteiger partial charge in [-0.15, -0.1) is 12.8 Å². The number of nitrogens with one attached hydrogen (secondary N) is 1. The van der Waals surface area contributed by atoms with Crippen molar-refractivity contribution in [2.24, 2.45) is 0 Å². The molecule has 1 aliphatic heterocycles. The van der Waals surface area contributed by atoms with E-state index in [4.69, 9.17) is 15.7 Å². The molecule has 25 heavy (non-hydrogen) atoms. The van der Waals surface area contributed by atoms with Gasteiger partial charge in [0.15, 0.2) is 12.4 Å². The van der Waals surface area contributed by atoms with Gasteiger partial charge in [-0.3, -0.25) is 4.79 Å². The zero-order valence-electron chi connectivity index (χ0n) is 14.5. The number of rotatable bonds is 5. The summed E-state index contributed by atoms with van der Waals surface area (Å²) >= 11 is 0. The van der Waals surface area contributed by atoms with Crippen LogP contribution in [0.2, 0.25) is 0 Å². The van der Waals surface area contributed by atoms with Crippen LogP contribution in [0.1, 0.15) is 26.2 Å². The number of hydrogen-bond donors (Lipinski definition) is 2. The molecule has 0 aliphatic carbocycles. The number of nitrogen functional groups attached to an aromatic ring is 1. The maximum absolute atomic E-state index is 12.0. The maximum Gasteiger partial charge on any atom is 0.262 e. The molecule has 6 nitrogen and oxygen atoms in total. The van der Waals surface area contributed by atoms with Crippen LogP contribution in [0.3, 0.4) is 0 Å². The highest BCUT2D eigenvalue weighted by Crippen LogP contribution is 2.30. The van der Waals surface area contributed by atoms with Gasteiger partial charge in [0.05, 0.1) is 11.4 Å². The number of terminal acetylenes is 1. The van der Waals surface area contributed by atoms with Crippen molar-refractivity contribution < 1.29 is 9.53 Å². The number of carbonyl (C=O) groups excluding carboxylic acids is 1. The van der Waals surface area contributed by atoms with Crippen LogP contribution in [0.4, 0.5) is 17.1 Å². The molecule has 3 N–H and O–H groups in total. The fourth-order valence-electron chi connectivity index (χ4n) is 2.56. The Balaban J connectivity index is 0.00000151. The summed E-state index contributed by atoms with van der Waals surface area (Å²) in [6.07, 6.45) is 13.0. The van der Waals surface area contributed by atoms with Crippen LogP contribution >= 0.6 is 0 Å². The van der Waals surface area contributed by atoms with Crippen molar-refractivity contribution >= 4 is 23.0 Å². The van der Waals surface area contributed by atoms with E-state index >= 15 is 0 Å². The van der Waals surface area contributed by atoms with Crippen LogP contribution in [0, 0.1) is 24.2 Å². The lowest BCUT2D eigenvalue weighted by Gasteiger charge is -2.30. The Morgan fingerprint density at radius 2 is 2.08 bits per heavy atom. The van der Waals surface area contributed by atoms with E-state index in [0.717, 1.165) is 31.6 Å². The second-order valence-electron chi connectivity index (χ2n) is 5.43. The highest BCUT2D eigenvalue weighted by molar-refractivity contribution is 5.95. The molecule has 0 radical (unpaired) electrons. The lowest BCUT2D eigenvalue weighted by molar-refractivity contribution is -0.119. The topological polar surface area (TPSA) is 91.4 Å². The first kappa shape index (κ1) is 19.9. The predicted octanol–water partition coefficient (Wildman–Crippen LogP) is 2.89. The third kappa shape index (κ3) is 6.12. The van der Waals surface area contributed by atoms with E-state index in [1.807, 2.05) is 12.1 Å². The molecule has 1 aliphatic rings. The van der Waals surface area contributed by atoms with Crippen LogP contribution in [0.5, 0.6) is 0 Å². The van der Waals surface area contributed by atoms with Gasteiger partial charge in [-0.05, 0) is 50.5 Å². The number of piperidine rings is 1. The molecule has 1 amide bonds. The van der Waals surface area contributed by atoms with Crippen molar-refractivity contribution in [3.63, 3.8) is 0 Å². The first-order valence-corrected chi connectivity index (χ1v) is 8.11. The highest BCUT2D eigenvalue weighted by Gasteiger charge is 2.16. The first-order chi connectivity index (χ1) is 12.1. The number of nitrogens with two attached hydrogens (primary N) is 1. The number of carbonyl (C=O) groups is 1. The van der Waals surface area contributed by atoms with E-state index in [9.17, 15) is 4.79 Å². The van der Waals surface area contributed by atoms with Crippen LogP contribution in [-0.4, -0.2) is 25.6 Å². The van der Waals surface area contributed by atoms with Crippen molar-refractivity contribution in [2.75, 3.05) is 35.6 Å². The number of amides is 1. The Morgan fingerprint density at radius 3 is 2.68 bits per heavy atom. The van der Waals surface area contributed by atoms with E-state index in [1.54, 1.807) is 19.1 Å². The number of nitrogens with zero attached hydrogens (tertiary/aromatic N) is 2. The van der Waals surface area contributed by atoms with Crippen LogP contribution in [0.15, 0.2) is 30.0 Å². The van der Waals surface area contributed by atoms with Gasteiger partial charge in [0.1, 0.15) is 6.07 Å². The zero-order chi connectivity index (χ0) is 18.7. The number of anilines is 3. The van der Waals surface area contributed by atoms with Gasteiger partial charge in [0, 0.05) is 18.8 Å². The van der Waals surface area contributed by atoms with Gasteiger partial charge in [0.25, 0.3) is 5.91 Å². The SMILES string of the molecule is C#C.C/C=C(/C#N)OCC(=O)Nc1ccc(N)cc1N1CCCCC1. The fraction of sp³-hybridized carbons (Fsp3) is 0.368. The molecule has 0 saturated carbocycles. The molecule has 1 saturated heterocycles. The molecular weight excluding hydrogens is 316 g/mol. The average Bonchev–Trinajstić information content (AvgIpc) is 2.66. The van der Waals surface area contributed by atoms with E-state index in [2.05, 4.69) is 23.1 Å². The Bertz CT molecular complexity index is 668. The Hall–Kier alpha value is -3.12. The molecule has 0 spiro atoms. The minimum absolute atomic E-state index is 0.133. The molecule has 0 unspecified atom stereocenters. The maximum atomic E-state index is 12.0. The van der Waals surface area contributed by atoms with E-state index in [-0.39, 0.29) is 18.3 Å². The molecule has 2 rings (SSSR count). The number of hydrogen-bond acceptors (Lipinski definition) is 5. The predicted molar refractivity (Wildman–Crippen MR) is 101 cm³/mol. The summed E-state index contributed by atoms with van der Waals surface area (Å²) in [5.41, 5.74) is 8.21. The highest BCUT2D eigenvalue weighted by atomic mass is 16.5. The minimum Gasteiger partial charge on any atom is -0.474 e. The standard InChI is InChI=1S/C17H22N4O2.C2H2/c1-2-14(11-18)23-12-17(22)20-15-7-6-13(19)10-16(15)21-8-4-3-5-9-21;1-2/h2,6-7,10H,3-5,8-9,12,19H2,1H3,(H,20,22);1-2H/b14-2-;. The molecular formula is C19H24N4O2. The first-order valence-electron chi connectivity index (χ1n) is 8.11. The minimum atomic E-state index is -0.303. The van der Waals surface area contributed by atoms with Gasteiger partial charge in [-0.25, -0.2) is 0 Å². The number of nitriles is 1. The van der Waals surface area contributed by atoms with Crippen LogP contribution in [0.25, 0.3) is 0 Å². The third-order valence-electron chi connectivity index (χ3n) is 3.72. The molecule has 0 bridgehead atoms. The lowest BCUT2D eigenvalue weighted by Crippen LogP contribution is -2.30. The van der Waals surface area contributed by atoms with Crippen molar-refractivity contribution in [1.82, 2.24) is 0 Å². The van der Waals surface area contributed by atoms with Crippen molar-refractivity contribution in [1.29, 1.82) is 5.26 Å². The molecule has 132 valence electrons. The Kier molecular flexibility index (Phi) is 8.46. The number of allylic oxidation sites excluding steroid dienone is 2. The summed E-state index contributed by atoms with van der Waals surface area (Å²) < 4.78 is 5.13. The van der Waals surface area contributed by atoms with E-state index < -0.39 is 0 Å². The van der Waals surface area contributed by atoms with Crippen LogP contribution < -0.4 is 16.0 Å². The normalized spacial score (nSPS) is 13.8. The quantitative estimate of drug-likeness (QED) is 0.372.